The Kier molecular flexibility index (Phi) is 23.2. The SMILES string of the molecule is CCCC(=O)OCc1cccnc1N(C)C(=O)OC[N+]1(CC(N)=O)CCC(c2ccc3[nH]c(-c4cn5ncnc5c(C)c4C)c(C(C)C)c3c2)CC1.CNCC(=O)OCc1cccnc1N(C)C(=O)OC[n+]1cnn2cc(-c3[nH]c4ccc(C5CCN(CC(N)=O)CC5)cc4c3C(C)C)c(C)c(C)c21. The zero-order valence-electron chi connectivity index (χ0n) is 61.7. The molecule has 8 aromatic heterocycles. The van der Waals surface area contributed by atoms with Crippen LogP contribution in [0.15, 0.2) is 98.1 Å². The summed E-state index contributed by atoms with van der Waals surface area (Å²) >= 11 is 0. The van der Waals surface area contributed by atoms with Crippen LogP contribution in [0, 0.1) is 27.7 Å². The third-order valence-corrected chi connectivity index (χ3v) is 20.5. The molecule has 104 heavy (non-hydrogen) atoms. The van der Waals surface area contributed by atoms with Gasteiger partial charge in [0.15, 0.2) is 12.2 Å². The van der Waals surface area contributed by atoms with Gasteiger partial charge in [0.1, 0.15) is 37.4 Å². The number of likely N-dealkylation sites (N-methyl/N-ethyl adjacent to an activating group) is 1. The van der Waals surface area contributed by atoms with Gasteiger partial charge in [-0.1, -0.05) is 63.4 Å². The van der Waals surface area contributed by atoms with Crippen LogP contribution in [0.3, 0.4) is 0 Å². The van der Waals surface area contributed by atoms with Crippen LogP contribution in [0.2, 0.25) is 0 Å². The van der Waals surface area contributed by atoms with Gasteiger partial charge in [-0.3, -0.25) is 38.4 Å². The molecule has 0 unspecified atom stereocenters. The highest BCUT2D eigenvalue weighted by Gasteiger charge is 2.39. The van der Waals surface area contributed by atoms with E-state index in [2.05, 4.69) is 143 Å². The molecule has 2 aromatic carbocycles. The van der Waals surface area contributed by atoms with Gasteiger partial charge in [0, 0.05) is 107 Å². The number of nitrogens with one attached hydrogen (secondary N) is 3. The monoisotopic (exact) mass is 1420 g/mol. The largest absolute Gasteiger partial charge is 0.461 e. The lowest BCUT2D eigenvalue weighted by atomic mass is 9.86. The summed E-state index contributed by atoms with van der Waals surface area (Å²) in [7, 11) is 4.79. The Hall–Kier alpha value is -10.6. The molecule has 2 aliphatic heterocycles. The molecule has 0 bridgehead atoms. The fraction of sp³-hybridized carbons (Fsp3) is 0.429. The van der Waals surface area contributed by atoms with Crippen molar-refractivity contribution in [3.8, 4) is 22.5 Å². The van der Waals surface area contributed by atoms with Gasteiger partial charge in [0.25, 0.3) is 17.9 Å². The number of hydrogen-bond acceptors (Lipinski definition) is 17. The molecular formula is C77H97N17O10+2. The van der Waals surface area contributed by atoms with Gasteiger partial charge >= 0.3 is 24.1 Å². The molecule has 0 atom stereocenters. The highest BCUT2D eigenvalue weighted by atomic mass is 16.6. The van der Waals surface area contributed by atoms with Crippen LogP contribution in [0.4, 0.5) is 21.2 Å². The summed E-state index contributed by atoms with van der Waals surface area (Å²) in [6.45, 7) is 22.5. The molecule has 2 fully saturated rings. The Morgan fingerprint density at radius 2 is 1.20 bits per heavy atom. The Morgan fingerprint density at radius 3 is 1.74 bits per heavy atom. The third-order valence-electron chi connectivity index (χ3n) is 20.5. The molecule has 0 aliphatic carbocycles. The van der Waals surface area contributed by atoms with E-state index in [1.165, 1.54) is 48.4 Å². The van der Waals surface area contributed by atoms with Gasteiger partial charge in [-0.05, 0) is 166 Å². The highest BCUT2D eigenvalue weighted by molar-refractivity contribution is 5.94. The zero-order valence-corrected chi connectivity index (χ0v) is 61.7. The molecule has 12 rings (SSSR count). The lowest BCUT2D eigenvalue weighted by molar-refractivity contribution is -0.940. The third kappa shape index (κ3) is 16.2. The van der Waals surface area contributed by atoms with Crippen molar-refractivity contribution in [3.63, 3.8) is 0 Å². The Bertz CT molecular complexity index is 4820. The van der Waals surface area contributed by atoms with E-state index in [0.29, 0.717) is 61.2 Å². The van der Waals surface area contributed by atoms with Crippen LogP contribution in [0.25, 0.3) is 55.6 Å². The number of aromatic nitrogens is 10. The van der Waals surface area contributed by atoms with Crippen molar-refractivity contribution < 1.29 is 56.8 Å². The van der Waals surface area contributed by atoms with Crippen LogP contribution in [-0.4, -0.2) is 163 Å². The maximum atomic E-state index is 13.3. The summed E-state index contributed by atoms with van der Waals surface area (Å²) < 4.78 is 27.9. The molecule has 2 aliphatic rings. The van der Waals surface area contributed by atoms with Crippen LogP contribution in [0.5, 0.6) is 0 Å². The van der Waals surface area contributed by atoms with Gasteiger partial charge in [-0.25, -0.2) is 29.1 Å². The number of piperidine rings is 2. The number of carbonyl (C=O) groups excluding carboxylic acids is 6. The molecule has 4 amide bonds. The summed E-state index contributed by atoms with van der Waals surface area (Å²) in [5.74, 6) is 0.450. The number of benzene rings is 2. The van der Waals surface area contributed by atoms with Crippen LogP contribution >= 0.6 is 0 Å². The average Bonchev–Trinajstić information content (AvgIpc) is 1.60. The van der Waals surface area contributed by atoms with Crippen molar-refractivity contribution in [1.82, 2.24) is 54.4 Å². The summed E-state index contributed by atoms with van der Waals surface area (Å²) in [6, 6.07) is 20.4. The standard InChI is InChI=1S/C39H48N8O5.C38H47N9O5/c1-7-9-34(49)51-21-29-10-8-15-41-38(29)45(6)39(50)52-23-47(20-33(40)48)16-13-27(14-17-47)28-11-12-32-30(18-28)35(24(2)3)36(44-32)31-19-46-37(42-22-43-46)26(5)25(31)4;1-23(2)34-29-16-27(26-11-14-45(15-12-26)19-32(39)48)9-10-31(29)43-35(34)30-18-47-37(25(4)24(30)3)46(21-42-47)22-52-38(50)44(6)36-28(8-7-13-41-36)20-51-33(49)17-40-5/h8,10-12,15,18-19,22,24,27,44H,7,9,13-14,16-17,20-21,23H2,1-6H3,(H-,40,48);7-10,13,16,18,21,23,26,40,43H,11-12,14-15,17,19-20,22H2,1-6H3,(H-,39,48)/p+2. The van der Waals surface area contributed by atoms with Crippen molar-refractivity contribution in [3.05, 3.63) is 154 Å². The number of nitrogens with zero attached hydrogens (tertiary/aromatic N) is 12. The first kappa shape index (κ1) is 74.5. The molecule has 27 heteroatoms. The summed E-state index contributed by atoms with van der Waals surface area (Å²) in [4.78, 5) is 99.4. The topological polar surface area (TPSA) is 322 Å². The Labute approximate surface area is 604 Å². The summed E-state index contributed by atoms with van der Waals surface area (Å²) in [5, 5.41) is 14.2. The predicted molar refractivity (Wildman–Crippen MR) is 395 cm³/mol. The number of quaternary nitrogens is 1. The summed E-state index contributed by atoms with van der Waals surface area (Å²) in [6.07, 6.45) is 13.8. The van der Waals surface area contributed by atoms with Gasteiger partial charge in [-0.2, -0.15) is 9.67 Å². The number of H-pyrrole nitrogens is 2. The predicted octanol–water partition coefficient (Wildman–Crippen LogP) is 10.3. The van der Waals surface area contributed by atoms with E-state index in [-0.39, 0.29) is 73.9 Å². The number of aryl methyl sites for hydroxylation is 2. The smallest absolute Gasteiger partial charge is 0.419 e. The second-order valence-electron chi connectivity index (χ2n) is 28.2. The normalized spacial score (nSPS) is 15.7. The minimum absolute atomic E-state index is 0.000920. The first-order chi connectivity index (χ1) is 49.9. The lowest BCUT2D eigenvalue weighted by Gasteiger charge is -2.42. The Morgan fingerprint density at radius 1 is 0.663 bits per heavy atom. The van der Waals surface area contributed by atoms with Crippen LogP contribution in [0.1, 0.15) is 152 Å². The Balaban J connectivity index is 0.000000208. The first-order valence-corrected chi connectivity index (χ1v) is 35.6. The quantitative estimate of drug-likeness (QED) is 0.0162. The van der Waals surface area contributed by atoms with E-state index < -0.39 is 24.1 Å². The van der Waals surface area contributed by atoms with E-state index in [0.717, 1.165) is 100 Å². The number of primary amides is 2. The van der Waals surface area contributed by atoms with Gasteiger partial charge in [-0.15, -0.1) is 0 Å². The van der Waals surface area contributed by atoms with E-state index in [1.807, 2.05) is 22.2 Å². The number of rotatable bonds is 24. The number of amides is 4. The lowest BCUT2D eigenvalue weighted by Crippen LogP contribution is -2.58. The maximum Gasteiger partial charge on any atom is 0.419 e. The molecule has 0 saturated carbocycles. The molecule has 0 radical (unpaired) electrons. The fourth-order valence-corrected chi connectivity index (χ4v) is 14.7. The molecule has 10 heterocycles. The average molecular weight is 1420 g/mol. The number of likely N-dealkylation sites (tertiary alicyclic amines) is 2. The van der Waals surface area contributed by atoms with Crippen LogP contribution < -0.4 is 31.2 Å². The number of fused-ring (bicyclic) bond motifs is 4. The van der Waals surface area contributed by atoms with Crippen LogP contribution in [-0.2, 0) is 58.1 Å². The minimum Gasteiger partial charge on any atom is -0.461 e. The van der Waals surface area contributed by atoms with E-state index >= 15 is 0 Å². The minimum atomic E-state index is -0.618. The van der Waals surface area contributed by atoms with Crippen molar-refractivity contribution in [2.24, 2.45) is 11.5 Å². The fourth-order valence-electron chi connectivity index (χ4n) is 14.7. The molecule has 548 valence electrons. The molecule has 7 N–H and O–H groups in total. The molecule has 10 aromatic rings. The number of carbonyl (C=O) groups is 6. The van der Waals surface area contributed by atoms with Crippen molar-refractivity contribution in [1.29, 1.82) is 0 Å². The molecule has 2 saturated heterocycles. The number of ether oxygens (including phenoxy) is 4. The number of pyridine rings is 4. The highest BCUT2D eigenvalue weighted by Crippen LogP contribution is 2.43. The van der Waals surface area contributed by atoms with E-state index in [9.17, 15) is 28.8 Å². The second kappa shape index (κ2) is 32.4. The molecule has 27 nitrogen and oxygen atoms in total. The molecular weight excluding hydrogens is 1320 g/mol. The number of anilines is 2. The van der Waals surface area contributed by atoms with E-state index in [4.69, 9.17) is 30.4 Å². The number of esters is 2. The van der Waals surface area contributed by atoms with E-state index in [1.54, 1.807) is 75.0 Å². The number of aromatic amines is 2. The first-order valence-electron chi connectivity index (χ1n) is 35.6. The van der Waals surface area contributed by atoms with Gasteiger partial charge in [0.05, 0.1) is 37.6 Å². The van der Waals surface area contributed by atoms with Gasteiger partial charge in [0.2, 0.25) is 19.4 Å². The zero-order chi connectivity index (χ0) is 74.3. The van der Waals surface area contributed by atoms with Crippen molar-refractivity contribution in [2.45, 2.75) is 144 Å². The second-order valence-corrected chi connectivity index (χ2v) is 28.2. The number of hydrogen-bond donors (Lipinski definition) is 5. The van der Waals surface area contributed by atoms with Gasteiger partial charge < -0.3 is 45.7 Å². The summed E-state index contributed by atoms with van der Waals surface area (Å²) in [5.41, 5.74) is 30.0. The van der Waals surface area contributed by atoms with Crippen molar-refractivity contribution >= 4 is 80.7 Å². The number of nitrogens with two attached hydrogens (primary N) is 2. The molecule has 0 spiro atoms. The maximum absolute atomic E-state index is 13.3. The van der Waals surface area contributed by atoms with Crippen molar-refractivity contribution in [2.75, 3.05) is 83.5 Å².